The van der Waals surface area contributed by atoms with E-state index in [-0.39, 0.29) is 40.8 Å². The van der Waals surface area contributed by atoms with Crippen LogP contribution in [0.2, 0.25) is 0 Å². The Kier molecular flexibility index (Phi) is 10.7. The second-order valence-electron chi connectivity index (χ2n) is 14.2. The van der Waals surface area contributed by atoms with Gasteiger partial charge in [-0.1, -0.05) is 24.6 Å². The summed E-state index contributed by atoms with van der Waals surface area (Å²) in [5.74, 6) is -1.01. The molecule has 3 aliphatic rings. The van der Waals surface area contributed by atoms with E-state index in [0.717, 1.165) is 46.9 Å². The molecule has 57 heavy (non-hydrogen) atoms. The Morgan fingerprint density at radius 1 is 0.930 bits per heavy atom. The first-order valence-electron chi connectivity index (χ1n) is 18.9. The summed E-state index contributed by atoms with van der Waals surface area (Å²) >= 11 is 1.14. The number of anilines is 1. The summed E-state index contributed by atoms with van der Waals surface area (Å²) in [7, 11) is 0. The van der Waals surface area contributed by atoms with Gasteiger partial charge < -0.3 is 15.4 Å². The predicted octanol–water partition coefficient (Wildman–Crippen LogP) is 5.92. The average Bonchev–Trinajstić information content (AvgIpc) is 3.73. The number of halogens is 1. The van der Waals surface area contributed by atoms with E-state index in [9.17, 15) is 24.0 Å². The van der Waals surface area contributed by atoms with Crippen molar-refractivity contribution in [1.29, 1.82) is 0 Å². The van der Waals surface area contributed by atoms with E-state index < -0.39 is 35.5 Å². The van der Waals surface area contributed by atoms with Crippen LogP contribution in [-0.2, 0) is 14.4 Å². The van der Waals surface area contributed by atoms with Crippen LogP contribution >= 0.6 is 11.8 Å². The molecule has 5 amide bonds. The van der Waals surface area contributed by atoms with Gasteiger partial charge in [-0.3, -0.25) is 34.2 Å². The Hall–Kier alpha value is -6.16. The number of nitrogens with one attached hydrogen (secondary N) is 1. The monoisotopic (exact) mass is 790 g/mol. The van der Waals surface area contributed by atoms with Gasteiger partial charge in [-0.2, -0.15) is 5.10 Å². The van der Waals surface area contributed by atoms with Crippen molar-refractivity contribution >= 4 is 58.1 Å². The maximum atomic E-state index is 15.1. The van der Waals surface area contributed by atoms with Gasteiger partial charge in [0.1, 0.15) is 41.2 Å². The van der Waals surface area contributed by atoms with Crippen LogP contribution in [0.25, 0.3) is 22.3 Å². The molecule has 0 bridgehead atoms. The van der Waals surface area contributed by atoms with Gasteiger partial charge in [0.15, 0.2) is 5.65 Å². The molecule has 0 spiro atoms. The number of rotatable bonds is 12. The Morgan fingerprint density at radius 3 is 2.51 bits per heavy atom. The zero-order valence-corrected chi connectivity index (χ0v) is 31.7. The fraction of sp³-hybridized carbons (Fsp3) is 0.317. The molecule has 2 atom stereocenters. The average molecular weight is 791 g/mol. The molecule has 14 nitrogen and oxygen atoms in total. The molecule has 2 unspecified atom stereocenters. The molecule has 5 heterocycles. The topological polar surface area (TPSA) is 183 Å². The number of unbranched alkanes of at least 4 members (excludes halogenated alkanes) is 2. The molecule has 8 rings (SSSR count). The highest BCUT2D eigenvalue weighted by atomic mass is 32.2. The van der Waals surface area contributed by atoms with E-state index in [4.69, 9.17) is 15.6 Å². The molecule has 0 saturated carbocycles. The number of amides is 5. The number of para-hydroxylation sites is 1. The normalized spacial score (nSPS) is 18.3. The molecular formula is C41H39FN8O6S. The molecule has 2 saturated heterocycles. The van der Waals surface area contributed by atoms with E-state index in [0.29, 0.717) is 72.8 Å². The highest BCUT2D eigenvalue weighted by Gasteiger charge is 2.46. The standard InChI is InChI=1S/C41H39FN8O6S/c42-29-17-16-28-33(41(55)49(40(28)54)30-18-19-31(51)46-39(30)53)36(29)57-21-6-2-5-11-32(52)48-20-7-8-25(22-48)50-38-34(37(43)44-23-45-38)35(47-50)24-12-14-27(15-13-24)56-26-9-3-1-4-10-26/h1,3-4,9-10,12-17,23,25,30H,2,5-8,11,18-22H2,(H2,43,44,45)(H,46,51,53). The van der Waals surface area contributed by atoms with E-state index in [1.165, 1.54) is 12.4 Å². The number of thioether (sulfide) groups is 1. The van der Waals surface area contributed by atoms with Crippen molar-refractivity contribution < 1.29 is 33.1 Å². The number of hydrogen-bond donors (Lipinski definition) is 2. The molecule has 16 heteroatoms. The van der Waals surface area contributed by atoms with Crippen molar-refractivity contribution in [2.24, 2.45) is 0 Å². The minimum absolute atomic E-state index is 0.00343. The lowest BCUT2D eigenvalue weighted by Crippen LogP contribution is -2.54. The number of carbonyl (C=O) groups is 5. The van der Waals surface area contributed by atoms with Crippen LogP contribution < -0.4 is 15.8 Å². The zero-order chi connectivity index (χ0) is 39.6. The zero-order valence-electron chi connectivity index (χ0n) is 30.9. The number of hydrogen-bond acceptors (Lipinski definition) is 11. The van der Waals surface area contributed by atoms with Crippen molar-refractivity contribution in [1.82, 2.24) is 34.9 Å². The number of aromatic nitrogens is 4. The molecule has 0 aliphatic carbocycles. The fourth-order valence-electron chi connectivity index (χ4n) is 7.67. The Balaban J connectivity index is 0.864. The number of likely N-dealkylation sites (tertiary alicyclic amines) is 1. The van der Waals surface area contributed by atoms with Gasteiger partial charge in [-0.05, 0) is 86.4 Å². The van der Waals surface area contributed by atoms with Crippen molar-refractivity contribution in [3.05, 3.63) is 90.0 Å². The third-order valence-corrected chi connectivity index (χ3v) is 11.7. The summed E-state index contributed by atoms with van der Waals surface area (Å²) in [6.07, 6.45) is 5.35. The second-order valence-corrected chi connectivity index (χ2v) is 15.3. The number of fused-ring (bicyclic) bond motifs is 2. The maximum absolute atomic E-state index is 15.1. The summed E-state index contributed by atoms with van der Waals surface area (Å²) in [4.78, 5) is 75.6. The number of nitrogens with zero attached hydrogens (tertiary/aromatic N) is 6. The summed E-state index contributed by atoms with van der Waals surface area (Å²) in [5.41, 5.74) is 8.46. The molecule has 2 aromatic heterocycles. The third kappa shape index (κ3) is 7.56. The first-order chi connectivity index (χ1) is 27.7. The Bertz CT molecular complexity index is 2390. The van der Waals surface area contributed by atoms with Gasteiger partial charge in [0.2, 0.25) is 17.7 Å². The molecule has 5 aromatic rings. The molecule has 3 aromatic carbocycles. The van der Waals surface area contributed by atoms with Crippen LogP contribution in [-0.4, -0.2) is 84.0 Å². The third-order valence-electron chi connectivity index (χ3n) is 10.5. The first-order valence-corrected chi connectivity index (χ1v) is 19.9. The van der Waals surface area contributed by atoms with Crippen molar-refractivity contribution in [3.8, 4) is 22.8 Å². The van der Waals surface area contributed by atoms with E-state index in [1.807, 2.05) is 64.2 Å². The van der Waals surface area contributed by atoms with E-state index >= 15 is 4.39 Å². The highest BCUT2D eigenvalue weighted by molar-refractivity contribution is 7.99. The minimum atomic E-state index is -1.13. The summed E-state index contributed by atoms with van der Waals surface area (Å²) < 4.78 is 22.9. The summed E-state index contributed by atoms with van der Waals surface area (Å²) in [6, 6.07) is 18.3. The van der Waals surface area contributed by atoms with Crippen LogP contribution in [0.1, 0.15) is 78.1 Å². The highest BCUT2D eigenvalue weighted by Crippen LogP contribution is 2.38. The molecule has 0 radical (unpaired) electrons. The maximum Gasteiger partial charge on any atom is 0.263 e. The lowest BCUT2D eigenvalue weighted by molar-refractivity contribution is -0.136. The summed E-state index contributed by atoms with van der Waals surface area (Å²) in [5, 5.41) is 7.82. The quantitative estimate of drug-likeness (QED) is 0.0869. The Morgan fingerprint density at radius 2 is 1.72 bits per heavy atom. The van der Waals surface area contributed by atoms with E-state index in [2.05, 4.69) is 15.3 Å². The summed E-state index contributed by atoms with van der Waals surface area (Å²) in [6.45, 7) is 1.11. The van der Waals surface area contributed by atoms with Crippen molar-refractivity contribution in [2.45, 2.75) is 68.3 Å². The minimum Gasteiger partial charge on any atom is -0.457 e. The predicted molar refractivity (Wildman–Crippen MR) is 209 cm³/mol. The Labute approximate surface area is 331 Å². The van der Waals surface area contributed by atoms with E-state index in [1.54, 1.807) is 0 Å². The van der Waals surface area contributed by atoms with Gasteiger partial charge in [0.25, 0.3) is 11.8 Å². The van der Waals surface area contributed by atoms with Crippen molar-refractivity contribution in [3.63, 3.8) is 0 Å². The molecular weight excluding hydrogens is 752 g/mol. The van der Waals surface area contributed by atoms with Crippen LogP contribution in [0.5, 0.6) is 11.5 Å². The lowest BCUT2D eigenvalue weighted by Gasteiger charge is -2.33. The number of benzene rings is 3. The second kappa shape index (κ2) is 16.1. The van der Waals surface area contributed by atoms with Crippen LogP contribution in [0.4, 0.5) is 10.2 Å². The number of ether oxygens (including phenoxy) is 1. The number of carbonyl (C=O) groups excluding carboxylic acids is 5. The van der Waals surface area contributed by atoms with Crippen molar-refractivity contribution in [2.75, 3.05) is 24.6 Å². The van der Waals surface area contributed by atoms with Gasteiger partial charge in [0.05, 0.1) is 27.5 Å². The SMILES string of the molecule is Nc1ncnc2c1c(-c1ccc(Oc3ccccc3)cc1)nn2C1CCCN(C(=O)CCCCCSc2c(F)ccc3c2C(=O)N(C2CCC(=O)NC2=O)C3=O)C1. The molecule has 3 N–H and O–H groups in total. The molecule has 3 aliphatic heterocycles. The lowest BCUT2D eigenvalue weighted by atomic mass is 10.0. The number of nitrogens with two attached hydrogens (primary N) is 1. The van der Waals surface area contributed by atoms with Crippen LogP contribution in [0.3, 0.4) is 0 Å². The fourth-order valence-corrected chi connectivity index (χ4v) is 8.77. The smallest absolute Gasteiger partial charge is 0.263 e. The van der Waals surface area contributed by atoms with Gasteiger partial charge in [-0.15, -0.1) is 11.8 Å². The largest absolute Gasteiger partial charge is 0.457 e. The molecule has 292 valence electrons. The van der Waals surface area contributed by atoms with Gasteiger partial charge >= 0.3 is 0 Å². The molecule has 2 fully saturated rings. The first kappa shape index (κ1) is 37.7. The number of imide groups is 2. The number of nitrogen functional groups attached to an aromatic ring is 1. The van der Waals surface area contributed by atoms with Gasteiger partial charge in [-0.25, -0.2) is 19.0 Å². The van der Waals surface area contributed by atoms with Crippen LogP contribution in [0, 0.1) is 5.82 Å². The van der Waals surface area contributed by atoms with Gasteiger partial charge in [0, 0.05) is 31.5 Å². The number of piperidine rings is 2. The van der Waals surface area contributed by atoms with Crippen LogP contribution in [0.15, 0.2) is 78.0 Å².